The highest BCUT2D eigenvalue weighted by molar-refractivity contribution is 6.21. The van der Waals surface area contributed by atoms with Gasteiger partial charge in [-0.25, -0.2) is 0 Å². The van der Waals surface area contributed by atoms with Gasteiger partial charge in [0.15, 0.2) is 0 Å². The lowest BCUT2D eigenvalue weighted by Gasteiger charge is -2.13. The van der Waals surface area contributed by atoms with Crippen molar-refractivity contribution in [2.75, 3.05) is 13.1 Å². The molecule has 2 N–H and O–H groups in total. The van der Waals surface area contributed by atoms with E-state index in [9.17, 15) is 9.59 Å². The molecule has 0 aromatic heterocycles. The first kappa shape index (κ1) is 12.8. The van der Waals surface area contributed by atoms with Gasteiger partial charge in [0.05, 0.1) is 11.1 Å². The lowest BCUT2D eigenvalue weighted by atomic mass is 10.1. The molecule has 18 heavy (non-hydrogen) atoms. The van der Waals surface area contributed by atoms with E-state index in [0.717, 1.165) is 25.7 Å². The number of amides is 2. The van der Waals surface area contributed by atoms with Gasteiger partial charge in [-0.2, -0.15) is 0 Å². The lowest BCUT2D eigenvalue weighted by molar-refractivity contribution is 0.0651. The zero-order valence-electron chi connectivity index (χ0n) is 10.4. The Hall–Kier alpha value is -1.68. The fourth-order valence-corrected chi connectivity index (χ4v) is 2.21. The van der Waals surface area contributed by atoms with E-state index < -0.39 is 0 Å². The molecule has 0 atom stereocenters. The molecular weight excluding hydrogens is 228 g/mol. The number of fused-ring (bicyclic) bond motifs is 1. The van der Waals surface area contributed by atoms with Gasteiger partial charge < -0.3 is 5.73 Å². The van der Waals surface area contributed by atoms with Crippen LogP contribution in [0.4, 0.5) is 0 Å². The molecule has 96 valence electrons. The summed E-state index contributed by atoms with van der Waals surface area (Å²) in [7, 11) is 0. The van der Waals surface area contributed by atoms with E-state index in [1.807, 2.05) is 0 Å². The van der Waals surface area contributed by atoms with Crippen molar-refractivity contribution in [2.45, 2.75) is 25.7 Å². The van der Waals surface area contributed by atoms with Crippen molar-refractivity contribution in [3.8, 4) is 0 Å². The van der Waals surface area contributed by atoms with Gasteiger partial charge in [0.25, 0.3) is 11.8 Å². The minimum Gasteiger partial charge on any atom is -0.330 e. The van der Waals surface area contributed by atoms with Crippen molar-refractivity contribution in [1.82, 2.24) is 4.90 Å². The predicted octanol–water partition coefficient (Wildman–Crippen LogP) is 1.80. The van der Waals surface area contributed by atoms with Crippen LogP contribution in [0.25, 0.3) is 0 Å². The van der Waals surface area contributed by atoms with Crippen molar-refractivity contribution in [3.05, 3.63) is 35.4 Å². The fourth-order valence-electron chi connectivity index (χ4n) is 2.21. The molecule has 0 spiro atoms. The average Bonchev–Trinajstić information content (AvgIpc) is 2.64. The van der Waals surface area contributed by atoms with E-state index >= 15 is 0 Å². The van der Waals surface area contributed by atoms with Crippen molar-refractivity contribution in [1.29, 1.82) is 0 Å². The minimum atomic E-state index is -0.158. The standard InChI is InChI=1S/C14H18N2O2/c15-9-5-1-2-6-10-16-13(17)11-7-3-4-8-12(11)14(16)18/h3-4,7-8H,1-2,5-6,9-10,15H2. The van der Waals surface area contributed by atoms with E-state index in [-0.39, 0.29) is 11.8 Å². The van der Waals surface area contributed by atoms with Crippen LogP contribution in [0, 0.1) is 0 Å². The zero-order valence-corrected chi connectivity index (χ0v) is 10.4. The van der Waals surface area contributed by atoms with E-state index in [4.69, 9.17) is 5.73 Å². The molecule has 4 nitrogen and oxygen atoms in total. The van der Waals surface area contributed by atoms with Gasteiger partial charge in [0.1, 0.15) is 0 Å². The Morgan fingerprint density at radius 1 is 0.889 bits per heavy atom. The molecule has 0 radical (unpaired) electrons. The molecule has 1 aliphatic heterocycles. The summed E-state index contributed by atoms with van der Waals surface area (Å²) in [6.45, 7) is 1.21. The molecule has 1 aromatic carbocycles. The maximum atomic E-state index is 12.0. The van der Waals surface area contributed by atoms with Crippen LogP contribution < -0.4 is 5.73 Å². The number of imide groups is 1. The number of unbranched alkanes of at least 4 members (excludes halogenated alkanes) is 3. The van der Waals surface area contributed by atoms with Crippen LogP contribution in [-0.2, 0) is 0 Å². The van der Waals surface area contributed by atoms with Crippen molar-refractivity contribution < 1.29 is 9.59 Å². The predicted molar refractivity (Wildman–Crippen MR) is 69.3 cm³/mol. The molecule has 2 rings (SSSR count). The third kappa shape index (κ3) is 2.43. The number of hydrogen-bond donors (Lipinski definition) is 1. The Morgan fingerprint density at radius 3 is 2.00 bits per heavy atom. The van der Waals surface area contributed by atoms with Gasteiger partial charge in [-0.1, -0.05) is 25.0 Å². The molecule has 2 amide bonds. The highest BCUT2D eigenvalue weighted by atomic mass is 16.2. The topological polar surface area (TPSA) is 63.4 Å². The number of rotatable bonds is 6. The first-order valence-electron chi connectivity index (χ1n) is 6.41. The zero-order chi connectivity index (χ0) is 13.0. The summed E-state index contributed by atoms with van der Waals surface area (Å²) in [6, 6.07) is 7.00. The quantitative estimate of drug-likeness (QED) is 0.615. The van der Waals surface area contributed by atoms with Gasteiger partial charge in [0, 0.05) is 6.54 Å². The SMILES string of the molecule is NCCCCCCN1C(=O)c2ccccc2C1=O. The third-order valence-electron chi connectivity index (χ3n) is 3.21. The summed E-state index contributed by atoms with van der Waals surface area (Å²) < 4.78 is 0. The molecule has 1 aromatic rings. The Labute approximate surface area is 107 Å². The number of hydrogen-bond acceptors (Lipinski definition) is 3. The largest absolute Gasteiger partial charge is 0.330 e. The third-order valence-corrected chi connectivity index (χ3v) is 3.21. The number of carbonyl (C=O) groups excluding carboxylic acids is 2. The van der Waals surface area contributed by atoms with Crippen LogP contribution >= 0.6 is 0 Å². The average molecular weight is 246 g/mol. The summed E-state index contributed by atoms with van der Waals surface area (Å²) in [5.74, 6) is -0.316. The maximum absolute atomic E-state index is 12.0. The van der Waals surface area contributed by atoms with Crippen molar-refractivity contribution >= 4 is 11.8 Å². The van der Waals surface area contributed by atoms with Crippen LogP contribution in [0.3, 0.4) is 0 Å². The van der Waals surface area contributed by atoms with E-state index in [1.54, 1.807) is 24.3 Å². The number of nitrogens with two attached hydrogens (primary N) is 1. The number of nitrogens with zero attached hydrogens (tertiary/aromatic N) is 1. The smallest absolute Gasteiger partial charge is 0.261 e. The van der Waals surface area contributed by atoms with E-state index in [2.05, 4.69) is 0 Å². The highest BCUT2D eigenvalue weighted by Gasteiger charge is 2.34. The second kappa shape index (κ2) is 5.78. The van der Waals surface area contributed by atoms with Crippen LogP contribution in [0.2, 0.25) is 0 Å². The molecule has 0 unspecified atom stereocenters. The highest BCUT2D eigenvalue weighted by Crippen LogP contribution is 2.22. The van der Waals surface area contributed by atoms with E-state index in [0.29, 0.717) is 24.2 Å². The normalized spacial score (nSPS) is 14.2. The van der Waals surface area contributed by atoms with E-state index in [1.165, 1.54) is 4.90 Å². The Bertz CT molecular complexity index is 422. The first-order chi connectivity index (χ1) is 8.75. The molecule has 4 heteroatoms. The monoisotopic (exact) mass is 246 g/mol. The summed E-state index contributed by atoms with van der Waals surface area (Å²) in [5.41, 5.74) is 6.48. The molecular formula is C14H18N2O2. The minimum absolute atomic E-state index is 0.158. The first-order valence-corrected chi connectivity index (χ1v) is 6.41. The van der Waals surface area contributed by atoms with Gasteiger partial charge in [0.2, 0.25) is 0 Å². The number of carbonyl (C=O) groups is 2. The Balaban J connectivity index is 1.93. The van der Waals surface area contributed by atoms with Gasteiger partial charge >= 0.3 is 0 Å². The fraction of sp³-hybridized carbons (Fsp3) is 0.429. The maximum Gasteiger partial charge on any atom is 0.261 e. The number of benzene rings is 1. The van der Waals surface area contributed by atoms with Gasteiger partial charge in [-0.15, -0.1) is 0 Å². The van der Waals surface area contributed by atoms with Crippen molar-refractivity contribution in [2.24, 2.45) is 5.73 Å². The second-order valence-corrected chi connectivity index (χ2v) is 4.51. The van der Waals surface area contributed by atoms with Crippen LogP contribution in [0.1, 0.15) is 46.4 Å². The molecule has 0 aliphatic carbocycles. The summed E-state index contributed by atoms with van der Waals surface area (Å²) in [4.78, 5) is 25.4. The molecule has 0 saturated heterocycles. The summed E-state index contributed by atoms with van der Waals surface area (Å²) in [5, 5.41) is 0. The molecule has 1 aliphatic rings. The Morgan fingerprint density at radius 2 is 1.44 bits per heavy atom. The van der Waals surface area contributed by atoms with Gasteiger partial charge in [-0.05, 0) is 31.5 Å². The molecule has 0 bridgehead atoms. The van der Waals surface area contributed by atoms with Crippen LogP contribution in [0.15, 0.2) is 24.3 Å². The molecule has 0 fully saturated rings. The summed E-state index contributed by atoms with van der Waals surface area (Å²) >= 11 is 0. The molecule has 0 saturated carbocycles. The lowest BCUT2D eigenvalue weighted by Crippen LogP contribution is -2.30. The van der Waals surface area contributed by atoms with Gasteiger partial charge in [-0.3, -0.25) is 14.5 Å². The summed E-state index contributed by atoms with van der Waals surface area (Å²) in [6.07, 6.45) is 3.91. The van der Waals surface area contributed by atoms with Crippen molar-refractivity contribution in [3.63, 3.8) is 0 Å². The molecule has 1 heterocycles. The second-order valence-electron chi connectivity index (χ2n) is 4.51. The van der Waals surface area contributed by atoms with Crippen LogP contribution in [-0.4, -0.2) is 29.8 Å². The Kier molecular flexibility index (Phi) is 4.10. The van der Waals surface area contributed by atoms with Crippen LogP contribution in [0.5, 0.6) is 0 Å².